The smallest absolute Gasteiger partial charge is 0.313 e. The fraction of sp³-hybridized carbons (Fsp3) is 0.393. The molecule has 3 heterocycles. The molecule has 194 valence electrons. The van der Waals surface area contributed by atoms with E-state index in [2.05, 4.69) is 10.3 Å². The maximum Gasteiger partial charge on any atom is 0.313 e. The van der Waals surface area contributed by atoms with E-state index in [4.69, 9.17) is 29.0 Å². The first-order valence-corrected chi connectivity index (χ1v) is 12.8. The fourth-order valence-corrected chi connectivity index (χ4v) is 4.43. The number of nitrogens with one attached hydrogen (secondary N) is 1. The number of ether oxygens (including phenoxy) is 4. The van der Waals surface area contributed by atoms with E-state index in [1.165, 1.54) is 0 Å². The lowest BCUT2D eigenvalue weighted by Gasteiger charge is -2.32. The number of para-hydroxylation sites is 1. The van der Waals surface area contributed by atoms with Gasteiger partial charge < -0.3 is 24.3 Å². The van der Waals surface area contributed by atoms with Crippen LogP contribution in [0.4, 0.5) is 5.95 Å². The molecule has 1 aliphatic carbocycles. The Morgan fingerprint density at radius 2 is 1.70 bits per heavy atom. The predicted octanol–water partition coefficient (Wildman–Crippen LogP) is 5.26. The third kappa shape index (κ3) is 5.02. The van der Waals surface area contributed by atoms with Gasteiger partial charge in [-0.3, -0.25) is 0 Å². The first-order chi connectivity index (χ1) is 18.1. The van der Waals surface area contributed by atoms with E-state index in [9.17, 15) is 0 Å². The highest BCUT2D eigenvalue weighted by molar-refractivity contribution is 5.92. The molecule has 37 heavy (non-hydrogen) atoms. The number of fused-ring (bicyclic) bond motifs is 1. The zero-order chi connectivity index (χ0) is 25.8. The molecular formula is C28H33N5O4. The molecule has 0 aliphatic heterocycles. The summed E-state index contributed by atoms with van der Waals surface area (Å²) in [6, 6.07) is 14.2. The normalized spacial score (nSPS) is 13.7. The van der Waals surface area contributed by atoms with E-state index in [0.29, 0.717) is 37.4 Å². The Morgan fingerprint density at radius 1 is 0.973 bits per heavy atom. The van der Waals surface area contributed by atoms with Crippen LogP contribution in [-0.2, 0) is 20.2 Å². The average Bonchev–Trinajstić information content (AvgIpc) is 3.65. The molecule has 0 atom stereocenters. The Balaban J connectivity index is 1.71. The molecule has 0 bridgehead atoms. The molecule has 9 nitrogen and oxygen atoms in total. The second-order valence-corrected chi connectivity index (χ2v) is 8.71. The summed E-state index contributed by atoms with van der Waals surface area (Å²) in [5.74, 6) is 0.0226. The quantitative estimate of drug-likeness (QED) is 0.262. The Bertz CT molecular complexity index is 1350. The summed E-state index contributed by atoms with van der Waals surface area (Å²) in [7, 11) is 1.66. The Labute approximate surface area is 216 Å². The van der Waals surface area contributed by atoms with Crippen LogP contribution in [0.3, 0.4) is 0 Å². The second kappa shape index (κ2) is 10.8. The number of benzene rings is 1. The van der Waals surface area contributed by atoms with Crippen molar-refractivity contribution in [3.05, 3.63) is 60.4 Å². The van der Waals surface area contributed by atoms with Crippen molar-refractivity contribution < 1.29 is 18.9 Å². The molecule has 4 aromatic rings. The molecule has 1 N–H and O–H groups in total. The molecule has 1 aliphatic rings. The Morgan fingerprint density at radius 3 is 2.38 bits per heavy atom. The minimum Gasteiger partial charge on any atom is -0.496 e. The number of methoxy groups -OCH3 is 1. The molecule has 0 saturated heterocycles. The third-order valence-electron chi connectivity index (χ3n) is 6.17. The van der Waals surface area contributed by atoms with E-state index in [1.54, 1.807) is 13.3 Å². The summed E-state index contributed by atoms with van der Waals surface area (Å²) in [6.07, 6.45) is 5.95. The van der Waals surface area contributed by atoms with Gasteiger partial charge in [0.2, 0.25) is 5.95 Å². The number of hydrogen-bond donors (Lipinski definition) is 1. The summed E-state index contributed by atoms with van der Waals surface area (Å²) in [4.78, 5) is 9.29. The van der Waals surface area contributed by atoms with Gasteiger partial charge in [0.25, 0.3) is 0 Å². The summed E-state index contributed by atoms with van der Waals surface area (Å²) in [5, 5.41) is 8.41. The van der Waals surface area contributed by atoms with Crippen molar-refractivity contribution in [2.75, 3.05) is 32.2 Å². The van der Waals surface area contributed by atoms with Crippen LogP contribution in [0.2, 0.25) is 0 Å². The monoisotopic (exact) mass is 503 g/mol. The molecule has 1 fully saturated rings. The van der Waals surface area contributed by atoms with Gasteiger partial charge >= 0.3 is 5.97 Å². The molecule has 1 saturated carbocycles. The third-order valence-corrected chi connectivity index (χ3v) is 6.17. The van der Waals surface area contributed by atoms with Crippen molar-refractivity contribution >= 4 is 11.5 Å². The van der Waals surface area contributed by atoms with Crippen LogP contribution in [0.25, 0.3) is 28.0 Å². The lowest BCUT2D eigenvalue weighted by molar-refractivity contribution is -0.389. The zero-order valence-corrected chi connectivity index (χ0v) is 21.7. The molecule has 0 spiro atoms. The molecule has 1 aromatic carbocycles. The maximum atomic E-state index is 6.01. The molecule has 3 aromatic heterocycles. The van der Waals surface area contributed by atoms with Crippen molar-refractivity contribution in [1.29, 1.82) is 0 Å². The van der Waals surface area contributed by atoms with E-state index < -0.39 is 5.97 Å². The number of anilines is 1. The van der Waals surface area contributed by atoms with Crippen LogP contribution in [0.1, 0.15) is 39.2 Å². The van der Waals surface area contributed by atoms with Crippen molar-refractivity contribution in [2.45, 2.75) is 45.6 Å². The summed E-state index contributed by atoms with van der Waals surface area (Å²) >= 11 is 0. The van der Waals surface area contributed by atoms with Gasteiger partial charge in [-0.2, -0.15) is 5.10 Å². The maximum absolute atomic E-state index is 6.01. The molecule has 5 rings (SSSR count). The summed E-state index contributed by atoms with van der Waals surface area (Å²) in [5.41, 5.74) is 4.86. The molecular weight excluding hydrogens is 470 g/mol. The van der Waals surface area contributed by atoms with Crippen LogP contribution in [-0.4, -0.2) is 52.6 Å². The van der Waals surface area contributed by atoms with Gasteiger partial charge in [0.1, 0.15) is 11.4 Å². The highest BCUT2D eigenvalue weighted by atomic mass is 16.9. The number of pyridine rings is 1. The SMILES string of the molecule is CCOC(OCC)(OCC)c1ccc2c(-c3ccnc(NC4CC4)n3)c(-c3ccccc3OC)nn2c1. The predicted molar refractivity (Wildman–Crippen MR) is 141 cm³/mol. The van der Waals surface area contributed by atoms with Crippen LogP contribution in [0, 0.1) is 0 Å². The lowest BCUT2D eigenvalue weighted by Crippen LogP contribution is -2.37. The van der Waals surface area contributed by atoms with Gasteiger partial charge in [-0.05, 0) is 63.9 Å². The molecule has 0 radical (unpaired) electrons. The Kier molecular flexibility index (Phi) is 7.36. The zero-order valence-electron chi connectivity index (χ0n) is 21.7. The molecule has 0 unspecified atom stereocenters. The number of nitrogens with zero attached hydrogens (tertiary/aromatic N) is 4. The highest BCUT2D eigenvalue weighted by Crippen LogP contribution is 2.40. The van der Waals surface area contributed by atoms with Crippen molar-refractivity contribution in [1.82, 2.24) is 19.6 Å². The van der Waals surface area contributed by atoms with Crippen LogP contribution in [0.5, 0.6) is 5.75 Å². The number of aromatic nitrogens is 4. The minimum absolute atomic E-state index is 0.423. The van der Waals surface area contributed by atoms with Crippen molar-refractivity contribution in [3.63, 3.8) is 0 Å². The van der Waals surface area contributed by atoms with E-state index in [-0.39, 0.29) is 0 Å². The van der Waals surface area contributed by atoms with E-state index >= 15 is 0 Å². The van der Waals surface area contributed by atoms with Gasteiger partial charge in [-0.15, -0.1) is 0 Å². The van der Waals surface area contributed by atoms with Gasteiger partial charge in [-0.25, -0.2) is 14.5 Å². The Hall–Kier alpha value is -3.53. The van der Waals surface area contributed by atoms with Gasteiger partial charge in [-0.1, -0.05) is 12.1 Å². The fourth-order valence-electron chi connectivity index (χ4n) is 4.43. The lowest BCUT2D eigenvalue weighted by atomic mass is 10.0. The molecule has 0 amide bonds. The largest absolute Gasteiger partial charge is 0.496 e. The van der Waals surface area contributed by atoms with Crippen LogP contribution in [0.15, 0.2) is 54.9 Å². The van der Waals surface area contributed by atoms with Crippen LogP contribution < -0.4 is 10.1 Å². The van der Waals surface area contributed by atoms with E-state index in [0.717, 1.165) is 46.6 Å². The topological polar surface area (TPSA) is 92.0 Å². The summed E-state index contributed by atoms with van der Waals surface area (Å²) < 4.78 is 25.6. The minimum atomic E-state index is -1.32. The standard InChI is InChI=1S/C28H33N5O4/c1-5-35-28(36-6-2,37-7-3)19-12-15-23-25(22-16-17-29-27(31-22)30-20-13-14-20)26(32-33(23)18-19)21-10-8-9-11-24(21)34-4/h8-12,15-18,20H,5-7,13-14H2,1-4H3,(H,29,30,31). The van der Waals surface area contributed by atoms with E-state index in [1.807, 2.05) is 73.9 Å². The number of hydrogen-bond acceptors (Lipinski definition) is 8. The van der Waals surface area contributed by atoms with Gasteiger partial charge in [0, 0.05) is 43.8 Å². The average molecular weight is 504 g/mol. The van der Waals surface area contributed by atoms with Crippen LogP contribution >= 0.6 is 0 Å². The van der Waals surface area contributed by atoms with Crippen molar-refractivity contribution in [2.24, 2.45) is 0 Å². The first kappa shape index (κ1) is 25.1. The molecule has 9 heteroatoms. The first-order valence-electron chi connectivity index (χ1n) is 12.8. The highest BCUT2D eigenvalue weighted by Gasteiger charge is 2.36. The second-order valence-electron chi connectivity index (χ2n) is 8.71. The van der Waals surface area contributed by atoms with Crippen molar-refractivity contribution in [3.8, 4) is 28.3 Å². The number of rotatable bonds is 12. The summed E-state index contributed by atoms with van der Waals surface area (Å²) in [6.45, 7) is 7.02. The van der Waals surface area contributed by atoms with Gasteiger partial charge in [0.05, 0.1) is 29.4 Å². The van der Waals surface area contributed by atoms with Gasteiger partial charge in [0.15, 0.2) is 0 Å².